The van der Waals surface area contributed by atoms with E-state index in [1.165, 1.54) is 24.2 Å². The number of rotatable bonds is 8. The van der Waals surface area contributed by atoms with Crippen molar-refractivity contribution in [2.45, 2.75) is 25.5 Å². The Hall–Kier alpha value is -3.39. The lowest BCUT2D eigenvalue weighted by Crippen LogP contribution is -2.15. The van der Waals surface area contributed by atoms with Crippen molar-refractivity contribution >= 4 is 35.0 Å². The number of aromatic nitrogens is 3. The molecule has 0 radical (unpaired) electrons. The highest BCUT2D eigenvalue weighted by atomic mass is 32.2. The molecule has 0 saturated heterocycles. The van der Waals surface area contributed by atoms with Crippen LogP contribution in [0.1, 0.15) is 12.5 Å². The van der Waals surface area contributed by atoms with Gasteiger partial charge in [0.15, 0.2) is 11.0 Å². The minimum absolute atomic E-state index is 0.142. The zero-order valence-electron chi connectivity index (χ0n) is 16.9. The number of aryl methyl sites for hydroxylation is 1. The SMILES string of the molecule is C=CCn1c(SCC(=O)Nc2ccc(NC(C)=O)cc2)nnc1-c1ccc(C)cc1. The second-order valence-electron chi connectivity index (χ2n) is 6.67. The van der Waals surface area contributed by atoms with E-state index in [1.807, 2.05) is 35.8 Å². The van der Waals surface area contributed by atoms with Gasteiger partial charge in [-0.1, -0.05) is 47.7 Å². The molecule has 7 nitrogen and oxygen atoms in total. The summed E-state index contributed by atoms with van der Waals surface area (Å²) in [7, 11) is 0. The van der Waals surface area contributed by atoms with E-state index in [2.05, 4.69) is 27.4 Å². The number of carbonyl (C=O) groups excluding carboxylic acids is 2. The van der Waals surface area contributed by atoms with Crippen molar-refractivity contribution in [2.75, 3.05) is 16.4 Å². The molecule has 2 aromatic carbocycles. The molecule has 0 fully saturated rings. The van der Waals surface area contributed by atoms with Crippen molar-refractivity contribution in [1.82, 2.24) is 14.8 Å². The number of hydrogen-bond acceptors (Lipinski definition) is 5. The molecular formula is C22H23N5O2S. The van der Waals surface area contributed by atoms with Gasteiger partial charge in [-0.05, 0) is 31.2 Å². The summed E-state index contributed by atoms with van der Waals surface area (Å²) in [6.07, 6.45) is 1.78. The normalized spacial score (nSPS) is 10.5. The van der Waals surface area contributed by atoms with Crippen molar-refractivity contribution in [3.05, 3.63) is 66.7 Å². The fourth-order valence-electron chi connectivity index (χ4n) is 2.77. The van der Waals surface area contributed by atoms with E-state index < -0.39 is 0 Å². The predicted octanol–water partition coefficient (Wildman–Crippen LogP) is 4.13. The first kappa shape index (κ1) is 21.3. The molecule has 0 bridgehead atoms. The average Bonchev–Trinajstić information content (AvgIpc) is 3.11. The highest BCUT2D eigenvalue weighted by Gasteiger charge is 2.15. The Labute approximate surface area is 179 Å². The zero-order valence-corrected chi connectivity index (χ0v) is 17.7. The average molecular weight is 422 g/mol. The topological polar surface area (TPSA) is 88.9 Å². The summed E-state index contributed by atoms with van der Waals surface area (Å²) in [4.78, 5) is 23.4. The fourth-order valence-corrected chi connectivity index (χ4v) is 3.52. The maximum Gasteiger partial charge on any atom is 0.234 e. The van der Waals surface area contributed by atoms with Crippen LogP contribution in [0, 0.1) is 6.92 Å². The Kier molecular flexibility index (Phi) is 7.03. The molecular weight excluding hydrogens is 398 g/mol. The van der Waals surface area contributed by atoms with Gasteiger partial charge >= 0.3 is 0 Å². The first-order chi connectivity index (χ1) is 14.5. The van der Waals surface area contributed by atoms with Crippen LogP contribution in [0.15, 0.2) is 66.3 Å². The molecule has 3 rings (SSSR count). The molecule has 3 aromatic rings. The molecule has 0 unspecified atom stereocenters. The van der Waals surface area contributed by atoms with Crippen LogP contribution >= 0.6 is 11.8 Å². The fraction of sp³-hybridized carbons (Fsp3) is 0.182. The van der Waals surface area contributed by atoms with E-state index in [-0.39, 0.29) is 17.6 Å². The molecule has 0 aliphatic heterocycles. The first-order valence-corrected chi connectivity index (χ1v) is 10.4. The van der Waals surface area contributed by atoms with Gasteiger partial charge in [0.25, 0.3) is 0 Å². The predicted molar refractivity (Wildman–Crippen MR) is 120 cm³/mol. The number of thioether (sulfide) groups is 1. The standard InChI is InChI=1S/C22H23N5O2S/c1-4-13-27-21(17-7-5-15(2)6-8-17)25-26-22(27)30-14-20(29)24-19-11-9-18(10-12-19)23-16(3)28/h4-12H,1,13-14H2,2-3H3,(H,23,28)(H,24,29). The molecule has 0 aliphatic carbocycles. The monoisotopic (exact) mass is 421 g/mol. The molecule has 1 aromatic heterocycles. The summed E-state index contributed by atoms with van der Waals surface area (Å²) in [6.45, 7) is 7.84. The first-order valence-electron chi connectivity index (χ1n) is 9.37. The number of anilines is 2. The van der Waals surface area contributed by atoms with Crippen molar-refractivity contribution in [3.8, 4) is 11.4 Å². The van der Waals surface area contributed by atoms with E-state index in [9.17, 15) is 9.59 Å². The third-order valence-corrected chi connectivity index (χ3v) is 5.13. The van der Waals surface area contributed by atoms with Crippen LogP contribution in [0.4, 0.5) is 11.4 Å². The van der Waals surface area contributed by atoms with Crippen LogP contribution in [0.3, 0.4) is 0 Å². The number of carbonyl (C=O) groups is 2. The van der Waals surface area contributed by atoms with E-state index in [1.54, 1.807) is 30.3 Å². The summed E-state index contributed by atoms with van der Waals surface area (Å²) in [5, 5.41) is 14.7. The third kappa shape index (κ3) is 5.57. The molecule has 0 saturated carbocycles. The van der Waals surface area contributed by atoms with Gasteiger partial charge in [-0.3, -0.25) is 14.2 Å². The Balaban J connectivity index is 1.64. The number of allylic oxidation sites excluding steroid dienone is 1. The maximum atomic E-state index is 12.4. The molecule has 0 spiro atoms. The van der Waals surface area contributed by atoms with E-state index >= 15 is 0 Å². The van der Waals surface area contributed by atoms with E-state index in [0.717, 1.165) is 11.4 Å². The van der Waals surface area contributed by atoms with Crippen molar-refractivity contribution in [1.29, 1.82) is 0 Å². The molecule has 0 atom stereocenters. The second-order valence-corrected chi connectivity index (χ2v) is 7.61. The number of nitrogens with one attached hydrogen (secondary N) is 2. The van der Waals surface area contributed by atoms with Crippen LogP contribution in [0.2, 0.25) is 0 Å². The lowest BCUT2D eigenvalue weighted by Gasteiger charge is -2.09. The third-order valence-electron chi connectivity index (χ3n) is 4.16. The molecule has 2 N–H and O–H groups in total. The lowest BCUT2D eigenvalue weighted by atomic mass is 10.1. The molecule has 1 heterocycles. The largest absolute Gasteiger partial charge is 0.326 e. The summed E-state index contributed by atoms with van der Waals surface area (Å²) < 4.78 is 1.94. The summed E-state index contributed by atoms with van der Waals surface area (Å²) in [6, 6.07) is 15.0. The van der Waals surface area contributed by atoms with Gasteiger partial charge in [-0.2, -0.15) is 0 Å². The number of amides is 2. The van der Waals surface area contributed by atoms with Gasteiger partial charge in [0, 0.05) is 30.4 Å². The Morgan fingerprint density at radius 3 is 2.27 bits per heavy atom. The maximum absolute atomic E-state index is 12.4. The zero-order chi connectivity index (χ0) is 21.5. The van der Waals surface area contributed by atoms with Crippen molar-refractivity contribution < 1.29 is 9.59 Å². The number of nitrogens with zero attached hydrogens (tertiary/aromatic N) is 3. The molecule has 0 aliphatic rings. The Morgan fingerprint density at radius 2 is 1.67 bits per heavy atom. The summed E-state index contributed by atoms with van der Waals surface area (Å²) >= 11 is 1.32. The molecule has 8 heteroatoms. The van der Waals surface area contributed by atoms with Gasteiger partial charge in [0.05, 0.1) is 5.75 Å². The number of benzene rings is 2. The van der Waals surface area contributed by atoms with Gasteiger partial charge in [-0.15, -0.1) is 16.8 Å². The second kappa shape index (κ2) is 9.89. The Bertz CT molecular complexity index is 1040. The van der Waals surface area contributed by atoms with Crippen LogP contribution in [0.25, 0.3) is 11.4 Å². The van der Waals surface area contributed by atoms with Crippen LogP contribution in [-0.2, 0) is 16.1 Å². The van der Waals surface area contributed by atoms with Crippen LogP contribution in [0.5, 0.6) is 0 Å². The smallest absolute Gasteiger partial charge is 0.234 e. The Morgan fingerprint density at radius 1 is 1.03 bits per heavy atom. The van der Waals surface area contributed by atoms with Crippen molar-refractivity contribution in [3.63, 3.8) is 0 Å². The number of hydrogen-bond donors (Lipinski definition) is 2. The molecule has 2 amide bonds. The molecule has 154 valence electrons. The van der Waals surface area contributed by atoms with Crippen molar-refractivity contribution in [2.24, 2.45) is 0 Å². The highest BCUT2D eigenvalue weighted by molar-refractivity contribution is 7.99. The lowest BCUT2D eigenvalue weighted by molar-refractivity contribution is -0.114. The van der Waals surface area contributed by atoms with E-state index in [0.29, 0.717) is 23.1 Å². The van der Waals surface area contributed by atoms with Gasteiger partial charge in [0.1, 0.15) is 0 Å². The summed E-state index contributed by atoms with van der Waals surface area (Å²) in [5.41, 5.74) is 3.47. The highest BCUT2D eigenvalue weighted by Crippen LogP contribution is 2.24. The minimum atomic E-state index is -0.155. The summed E-state index contributed by atoms with van der Waals surface area (Å²) in [5.74, 6) is 0.636. The van der Waals surface area contributed by atoms with Crippen LogP contribution in [-0.4, -0.2) is 32.3 Å². The van der Waals surface area contributed by atoms with Gasteiger partial charge in [0.2, 0.25) is 11.8 Å². The minimum Gasteiger partial charge on any atom is -0.326 e. The quantitative estimate of drug-likeness (QED) is 0.422. The van der Waals surface area contributed by atoms with E-state index in [4.69, 9.17) is 0 Å². The van der Waals surface area contributed by atoms with Gasteiger partial charge < -0.3 is 10.6 Å². The van der Waals surface area contributed by atoms with Gasteiger partial charge in [-0.25, -0.2) is 0 Å². The molecule has 30 heavy (non-hydrogen) atoms. The van der Waals surface area contributed by atoms with Crippen LogP contribution < -0.4 is 10.6 Å².